The first-order valence-corrected chi connectivity index (χ1v) is 9.71. The number of benzene rings is 2. The summed E-state index contributed by atoms with van der Waals surface area (Å²) in [5.74, 6) is -0.906. The third-order valence-electron chi connectivity index (χ3n) is 4.83. The highest BCUT2D eigenvalue weighted by Crippen LogP contribution is 2.25. The molecule has 6 nitrogen and oxygen atoms in total. The normalized spacial score (nSPS) is 11.0. The summed E-state index contributed by atoms with van der Waals surface area (Å²) in [5, 5.41) is 11.4. The SMILES string of the molecule is Cc1nn(Cc2ccc(F)cc2Cl)c(C)c1NC(=O)c1cc(-c2ccc(F)cc2)on1. The van der Waals surface area contributed by atoms with Crippen molar-refractivity contribution < 1.29 is 18.1 Å². The summed E-state index contributed by atoms with van der Waals surface area (Å²) in [7, 11) is 0. The molecular formula is C22H17ClF2N4O2. The Labute approximate surface area is 181 Å². The van der Waals surface area contributed by atoms with E-state index in [4.69, 9.17) is 16.1 Å². The predicted molar refractivity (Wildman–Crippen MR) is 112 cm³/mol. The quantitative estimate of drug-likeness (QED) is 0.450. The van der Waals surface area contributed by atoms with Crippen LogP contribution in [0.15, 0.2) is 53.1 Å². The minimum absolute atomic E-state index is 0.0763. The number of amides is 1. The first-order valence-electron chi connectivity index (χ1n) is 9.34. The van der Waals surface area contributed by atoms with E-state index in [2.05, 4.69) is 15.6 Å². The zero-order valence-electron chi connectivity index (χ0n) is 16.6. The molecule has 0 bridgehead atoms. The summed E-state index contributed by atoms with van der Waals surface area (Å²) in [5.41, 5.74) is 3.22. The fourth-order valence-electron chi connectivity index (χ4n) is 3.15. The molecule has 0 fully saturated rings. The predicted octanol–water partition coefficient (Wildman–Crippen LogP) is 5.39. The van der Waals surface area contributed by atoms with Gasteiger partial charge in [-0.3, -0.25) is 9.48 Å². The number of hydrogen-bond acceptors (Lipinski definition) is 4. The Morgan fingerprint density at radius 2 is 1.81 bits per heavy atom. The van der Waals surface area contributed by atoms with Crippen molar-refractivity contribution in [1.29, 1.82) is 0 Å². The van der Waals surface area contributed by atoms with Crippen molar-refractivity contribution in [3.05, 3.63) is 87.8 Å². The maximum atomic E-state index is 13.3. The monoisotopic (exact) mass is 442 g/mol. The highest BCUT2D eigenvalue weighted by Gasteiger charge is 2.19. The second kappa shape index (κ2) is 8.31. The topological polar surface area (TPSA) is 73.0 Å². The molecule has 2 heterocycles. The fraction of sp³-hybridized carbons (Fsp3) is 0.136. The molecular weight excluding hydrogens is 426 g/mol. The van der Waals surface area contributed by atoms with Crippen molar-refractivity contribution in [2.45, 2.75) is 20.4 Å². The largest absolute Gasteiger partial charge is 0.355 e. The molecule has 2 aromatic heterocycles. The highest BCUT2D eigenvalue weighted by atomic mass is 35.5. The van der Waals surface area contributed by atoms with E-state index in [9.17, 15) is 13.6 Å². The van der Waals surface area contributed by atoms with Crippen molar-refractivity contribution in [3.63, 3.8) is 0 Å². The molecule has 0 aliphatic heterocycles. The molecule has 0 saturated carbocycles. The number of carbonyl (C=O) groups is 1. The van der Waals surface area contributed by atoms with Gasteiger partial charge >= 0.3 is 0 Å². The first-order chi connectivity index (χ1) is 14.8. The van der Waals surface area contributed by atoms with Crippen LogP contribution in [-0.2, 0) is 6.54 Å². The van der Waals surface area contributed by atoms with E-state index >= 15 is 0 Å². The van der Waals surface area contributed by atoms with E-state index in [0.29, 0.717) is 45.5 Å². The van der Waals surface area contributed by atoms with Crippen LogP contribution in [0.5, 0.6) is 0 Å². The van der Waals surface area contributed by atoms with Gasteiger partial charge in [0.2, 0.25) is 0 Å². The number of anilines is 1. The van der Waals surface area contributed by atoms with Crippen LogP contribution in [0, 0.1) is 25.5 Å². The minimum atomic E-state index is -0.470. The second-order valence-electron chi connectivity index (χ2n) is 6.98. The summed E-state index contributed by atoms with van der Waals surface area (Å²) >= 11 is 6.11. The van der Waals surface area contributed by atoms with E-state index in [0.717, 1.165) is 0 Å². The molecule has 1 N–H and O–H groups in total. The van der Waals surface area contributed by atoms with Crippen LogP contribution < -0.4 is 5.32 Å². The molecule has 0 spiro atoms. The number of carbonyl (C=O) groups excluding carboxylic acids is 1. The summed E-state index contributed by atoms with van der Waals surface area (Å²) < 4.78 is 33.3. The smallest absolute Gasteiger partial charge is 0.277 e. The fourth-order valence-corrected chi connectivity index (χ4v) is 3.38. The van der Waals surface area contributed by atoms with Gasteiger partial charge in [-0.2, -0.15) is 5.10 Å². The Morgan fingerprint density at radius 1 is 1.10 bits per heavy atom. The van der Waals surface area contributed by atoms with Crippen LogP contribution in [0.3, 0.4) is 0 Å². The van der Waals surface area contributed by atoms with Gasteiger partial charge in [-0.15, -0.1) is 0 Å². The lowest BCUT2D eigenvalue weighted by molar-refractivity contribution is 0.101. The molecule has 4 rings (SSSR count). The van der Waals surface area contributed by atoms with Gasteiger partial charge in [0.1, 0.15) is 11.6 Å². The van der Waals surface area contributed by atoms with Gasteiger partial charge in [-0.05, 0) is 55.8 Å². The zero-order valence-corrected chi connectivity index (χ0v) is 17.4. The summed E-state index contributed by atoms with van der Waals surface area (Å²) in [6, 6.07) is 11.3. The lowest BCUT2D eigenvalue weighted by atomic mass is 10.1. The number of aryl methyl sites for hydroxylation is 1. The standard InChI is InChI=1S/C22H17ClF2N4O2/c1-12-21(13(2)29(27-12)11-15-5-8-17(25)9-18(15)23)26-22(30)19-10-20(31-28-19)14-3-6-16(24)7-4-14/h3-10H,11H2,1-2H3,(H,26,30). The van der Waals surface area contributed by atoms with Gasteiger partial charge in [0.05, 0.1) is 23.6 Å². The van der Waals surface area contributed by atoms with Crippen LogP contribution in [0.2, 0.25) is 5.02 Å². The number of halogens is 3. The Morgan fingerprint density at radius 3 is 2.52 bits per heavy atom. The van der Waals surface area contributed by atoms with Crippen LogP contribution in [0.1, 0.15) is 27.4 Å². The van der Waals surface area contributed by atoms with Gasteiger partial charge in [0.25, 0.3) is 5.91 Å². The molecule has 9 heteroatoms. The van der Waals surface area contributed by atoms with Gasteiger partial charge in [-0.25, -0.2) is 8.78 Å². The molecule has 0 saturated heterocycles. The zero-order chi connectivity index (χ0) is 22.1. The van der Waals surface area contributed by atoms with E-state index in [1.165, 1.54) is 42.5 Å². The number of nitrogens with one attached hydrogen (secondary N) is 1. The Kier molecular flexibility index (Phi) is 5.56. The molecule has 1 amide bonds. The number of nitrogens with zero attached hydrogens (tertiary/aromatic N) is 3. The van der Waals surface area contributed by atoms with E-state index in [1.807, 2.05) is 0 Å². The third-order valence-corrected chi connectivity index (χ3v) is 5.18. The number of rotatable bonds is 5. The van der Waals surface area contributed by atoms with Crippen LogP contribution in [0.4, 0.5) is 14.5 Å². The number of hydrogen-bond donors (Lipinski definition) is 1. The molecule has 158 valence electrons. The molecule has 0 unspecified atom stereocenters. The van der Waals surface area contributed by atoms with E-state index < -0.39 is 11.7 Å². The lowest BCUT2D eigenvalue weighted by Gasteiger charge is -2.08. The Balaban J connectivity index is 1.53. The summed E-state index contributed by atoms with van der Waals surface area (Å²) in [6.45, 7) is 3.89. The van der Waals surface area contributed by atoms with Gasteiger partial charge < -0.3 is 9.84 Å². The second-order valence-corrected chi connectivity index (χ2v) is 7.38. The average molecular weight is 443 g/mol. The molecule has 2 aromatic carbocycles. The van der Waals surface area contributed by atoms with Crippen LogP contribution in [0.25, 0.3) is 11.3 Å². The molecule has 0 radical (unpaired) electrons. The van der Waals surface area contributed by atoms with E-state index in [-0.39, 0.29) is 11.5 Å². The Bertz CT molecular complexity index is 1270. The van der Waals surface area contributed by atoms with E-state index in [1.54, 1.807) is 24.6 Å². The molecule has 31 heavy (non-hydrogen) atoms. The highest BCUT2D eigenvalue weighted by molar-refractivity contribution is 6.31. The minimum Gasteiger partial charge on any atom is -0.355 e. The molecule has 0 aliphatic carbocycles. The lowest BCUT2D eigenvalue weighted by Crippen LogP contribution is -2.13. The Hall–Kier alpha value is -3.52. The molecule has 0 aliphatic rings. The van der Waals surface area contributed by atoms with Crippen molar-refractivity contribution in [2.24, 2.45) is 0 Å². The molecule has 0 atom stereocenters. The van der Waals surface area contributed by atoms with Gasteiger partial charge in [0.15, 0.2) is 11.5 Å². The summed E-state index contributed by atoms with van der Waals surface area (Å²) in [4.78, 5) is 12.7. The van der Waals surface area contributed by atoms with Gasteiger partial charge in [0, 0.05) is 16.7 Å². The summed E-state index contributed by atoms with van der Waals surface area (Å²) in [6.07, 6.45) is 0. The van der Waals surface area contributed by atoms with Crippen molar-refractivity contribution >= 4 is 23.2 Å². The first kappa shape index (κ1) is 20.7. The van der Waals surface area contributed by atoms with Crippen molar-refractivity contribution in [3.8, 4) is 11.3 Å². The maximum Gasteiger partial charge on any atom is 0.277 e. The maximum absolute atomic E-state index is 13.3. The van der Waals surface area contributed by atoms with Gasteiger partial charge in [-0.1, -0.05) is 22.8 Å². The third kappa shape index (κ3) is 4.34. The average Bonchev–Trinajstić information content (AvgIpc) is 3.32. The van der Waals surface area contributed by atoms with Crippen LogP contribution >= 0.6 is 11.6 Å². The van der Waals surface area contributed by atoms with Crippen molar-refractivity contribution in [1.82, 2.24) is 14.9 Å². The number of aromatic nitrogens is 3. The van der Waals surface area contributed by atoms with Crippen LogP contribution in [-0.4, -0.2) is 20.8 Å². The molecule has 4 aromatic rings. The van der Waals surface area contributed by atoms with Crippen molar-refractivity contribution in [2.75, 3.05) is 5.32 Å².